The predicted molar refractivity (Wildman–Crippen MR) is 52.4 cm³/mol. The van der Waals surface area contributed by atoms with E-state index in [9.17, 15) is 9.18 Å². The van der Waals surface area contributed by atoms with Crippen LogP contribution >= 0.6 is 0 Å². The van der Waals surface area contributed by atoms with Gasteiger partial charge in [0.15, 0.2) is 0 Å². The van der Waals surface area contributed by atoms with Crippen molar-refractivity contribution in [1.82, 2.24) is 9.78 Å². The van der Waals surface area contributed by atoms with E-state index in [0.29, 0.717) is 16.6 Å². The summed E-state index contributed by atoms with van der Waals surface area (Å²) in [5.41, 5.74) is 0.892. The molecule has 0 bridgehead atoms. The fourth-order valence-electron chi connectivity index (χ4n) is 1.66. The molecule has 0 aliphatic carbocycles. The highest BCUT2D eigenvalue weighted by Gasteiger charge is 2.14. The van der Waals surface area contributed by atoms with Crippen LogP contribution in [0, 0.1) is 12.7 Å². The molecule has 0 amide bonds. The van der Waals surface area contributed by atoms with Crippen LogP contribution in [-0.4, -0.2) is 20.9 Å². The first-order valence-corrected chi connectivity index (χ1v) is 4.37. The number of hydrogen-bond acceptors (Lipinski definition) is 2. The molecule has 5 heteroatoms. The number of halogens is 1. The normalized spacial score (nSPS) is 10.9. The van der Waals surface area contributed by atoms with E-state index in [0.717, 1.165) is 6.07 Å². The average Bonchev–Trinajstić information content (AvgIpc) is 2.42. The minimum atomic E-state index is -1.14. The largest absolute Gasteiger partial charge is 0.478 e. The monoisotopic (exact) mass is 208 g/mol. The van der Waals surface area contributed by atoms with E-state index in [1.54, 1.807) is 14.0 Å². The zero-order valence-corrected chi connectivity index (χ0v) is 8.28. The van der Waals surface area contributed by atoms with Crippen molar-refractivity contribution < 1.29 is 14.3 Å². The first-order valence-electron chi connectivity index (χ1n) is 4.37. The summed E-state index contributed by atoms with van der Waals surface area (Å²) in [5.74, 6) is -1.70. The van der Waals surface area contributed by atoms with Gasteiger partial charge in [0.2, 0.25) is 0 Å². The molecule has 0 saturated heterocycles. The minimum absolute atomic E-state index is 0.0592. The number of benzene rings is 1. The number of carbonyl (C=O) groups is 1. The van der Waals surface area contributed by atoms with Crippen molar-refractivity contribution in [2.75, 3.05) is 0 Å². The Labute approximate surface area is 84.9 Å². The maximum atomic E-state index is 13.6. The number of carboxylic acid groups (broad SMARTS) is 1. The van der Waals surface area contributed by atoms with E-state index in [4.69, 9.17) is 5.11 Å². The van der Waals surface area contributed by atoms with Gasteiger partial charge in [-0.25, -0.2) is 9.18 Å². The Kier molecular flexibility index (Phi) is 1.96. The predicted octanol–water partition coefficient (Wildman–Crippen LogP) is 1.72. The molecule has 0 aliphatic heterocycles. The van der Waals surface area contributed by atoms with Gasteiger partial charge >= 0.3 is 5.97 Å². The lowest BCUT2D eigenvalue weighted by Crippen LogP contribution is -1.98. The van der Waals surface area contributed by atoms with Crippen LogP contribution in [0.15, 0.2) is 12.1 Å². The summed E-state index contributed by atoms with van der Waals surface area (Å²) in [7, 11) is 1.62. The lowest BCUT2D eigenvalue weighted by molar-refractivity contribution is 0.0696. The minimum Gasteiger partial charge on any atom is -0.478 e. The number of aromatic carboxylic acids is 1. The maximum absolute atomic E-state index is 13.6. The van der Waals surface area contributed by atoms with Crippen LogP contribution in [0.5, 0.6) is 0 Å². The third-order valence-electron chi connectivity index (χ3n) is 2.32. The topological polar surface area (TPSA) is 55.1 Å². The van der Waals surface area contributed by atoms with E-state index in [2.05, 4.69) is 5.10 Å². The number of aryl methyl sites for hydroxylation is 2. The highest BCUT2D eigenvalue weighted by molar-refractivity contribution is 5.94. The molecule has 1 aromatic carbocycles. The Bertz CT molecular complexity index is 560. The van der Waals surface area contributed by atoms with Crippen LogP contribution in [0.4, 0.5) is 4.39 Å². The SMILES string of the molecule is Cc1nn(C)c2c(F)cc(C(=O)O)cc12. The van der Waals surface area contributed by atoms with Crippen LogP contribution < -0.4 is 0 Å². The van der Waals surface area contributed by atoms with Crippen molar-refractivity contribution in [1.29, 1.82) is 0 Å². The van der Waals surface area contributed by atoms with Gasteiger partial charge < -0.3 is 5.11 Å². The van der Waals surface area contributed by atoms with Gasteiger partial charge in [-0.15, -0.1) is 0 Å². The zero-order valence-electron chi connectivity index (χ0n) is 8.28. The van der Waals surface area contributed by atoms with Gasteiger partial charge in [-0.05, 0) is 19.1 Å². The summed E-state index contributed by atoms with van der Waals surface area (Å²) >= 11 is 0. The third kappa shape index (κ3) is 1.36. The molecule has 1 aromatic heterocycles. The third-order valence-corrected chi connectivity index (χ3v) is 2.32. The Balaban J connectivity index is 2.87. The van der Waals surface area contributed by atoms with E-state index in [1.165, 1.54) is 10.7 Å². The molecule has 78 valence electrons. The Morgan fingerprint density at radius 1 is 1.53 bits per heavy atom. The van der Waals surface area contributed by atoms with E-state index in [1.807, 2.05) is 0 Å². The lowest BCUT2D eigenvalue weighted by atomic mass is 10.1. The van der Waals surface area contributed by atoms with Crippen LogP contribution in [0.25, 0.3) is 10.9 Å². The first kappa shape index (κ1) is 9.64. The van der Waals surface area contributed by atoms with Gasteiger partial charge in [0, 0.05) is 12.4 Å². The highest BCUT2D eigenvalue weighted by atomic mass is 19.1. The van der Waals surface area contributed by atoms with Crippen LogP contribution in [0.2, 0.25) is 0 Å². The Morgan fingerprint density at radius 2 is 2.20 bits per heavy atom. The summed E-state index contributed by atoms with van der Waals surface area (Å²) in [6, 6.07) is 2.44. The average molecular weight is 208 g/mol. The van der Waals surface area contributed by atoms with Crippen LogP contribution in [-0.2, 0) is 7.05 Å². The molecule has 1 heterocycles. The number of aromatic nitrogens is 2. The Hall–Kier alpha value is -1.91. The van der Waals surface area contributed by atoms with Gasteiger partial charge in [-0.1, -0.05) is 0 Å². The highest BCUT2D eigenvalue weighted by Crippen LogP contribution is 2.22. The summed E-state index contributed by atoms with van der Waals surface area (Å²) in [4.78, 5) is 10.7. The maximum Gasteiger partial charge on any atom is 0.335 e. The van der Waals surface area contributed by atoms with Crippen molar-refractivity contribution >= 4 is 16.9 Å². The van der Waals surface area contributed by atoms with Crippen molar-refractivity contribution in [2.45, 2.75) is 6.92 Å². The van der Waals surface area contributed by atoms with E-state index < -0.39 is 11.8 Å². The fraction of sp³-hybridized carbons (Fsp3) is 0.200. The molecule has 0 unspecified atom stereocenters. The van der Waals surface area contributed by atoms with E-state index >= 15 is 0 Å². The van der Waals surface area contributed by atoms with Crippen LogP contribution in [0.1, 0.15) is 16.1 Å². The van der Waals surface area contributed by atoms with E-state index in [-0.39, 0.29) is 5.56 Å². The molecule has 0 fully saturated rings. The lowest BCUT2D eigenvalue weighted by Gasteiger charge is -1.99. The molecule has 0 spiro atoms. The second-order valence-electron chi connectivity index (χ2n) is 3.37. The molecule has 15 heavy (non-hydrogen) atoms. The standard InChI is InChI=1S/C10H9FN2O2/c1-5-7-3-6(10(14)15)4-8(11)9(7)13(2)12-5/h3-4H,1-2H3,(H,14,15). The molecule has 0 aliphatic rings. The Morgan fingerprint density at radius 3 is 2.80 bits per heavy atom. The van der Waals surface area contributed by atoms with Gasteiger partial charge in [0.05, 0.1) is 11.3 Å². The van der Waals surface area contributed by atoms with Crippen molar-refractivity contribution in [3.63, 3.8) is 0 Å². The number of rotatable bonds is 1. The molecule has 0 radical (unpaired) electrons. The number of fused-ring (bicyclic) bond motifs is 1. The molecule has 4 nitrogen and oxygen atoms in total. The first-order chi connectivity index (χ1) is 7.00. The van der Waals surface area contributed by atoms with Gasteiger partial charge in [-0.2, -0.15) is 5.10 Å². The molecule has 2 rings (SSSR count). The second-order valence-corrected chi connectivity index (χ2v) is 3.37. The molecule has 0 atom stereocenters. The van der Waals surface area contributed by atoms with Gasteiger partial charge in [0.1, 0.15) is 11.3 Å². The molecule has 2 aromatic rings. The molecular formula is C10H9FN2O2. The molecule has 1 N–H and O–H groups in total. The van der Waals surface area contributed by atoms with Gasteiger partial charge in [0.25, 0.3) is 0 Å². The smallest absolute Gasteiger partial charge is 0.335 e. The number of nitrogens with zero attached hydrogens (tertiary/aromatic N) is 2. The number of carboxylic acids is 1. The summed E-state index contributed by atoms with van der Waals surface area (Å²) in [5, 5.41) is 13.3. The fourth-order valence-corrected chi connectivity index (χ4v) is 1.66. The summed E-state index contributed by atoms with van der Waals surface area (Å²) < 4.78 is 15.0. The zero-order chi connectivity index (χ0) is 11.2. The molecular weight excluding hydrogens is 199 g/mol. The summed E-state index contributed by atoms with van der Waals surface area (Å²) in [6.45, 7) is 1.72. The number of hydrogen-bond donors (Lipinski definition) is 1. The van der Waals surface area contributed by atoms with Gasteiger partial charge in [-0.3, -0.25) is 4.68 Å². The van der Waals surface area contributed by atoms with Crippen LogP contribution in [0.3, 0.4) is 0 Å². The second kappa shape index (κ2) is 3.05. The molecule has 0 saturated carbocycles. The van der Waals surface area contributed by atoms with Crippen molar-refractivity contribution in [3.05, 3.63) is 29.2 Å². The van der Waals surface area contributed by atoms with Crippen molar-refractivity contribution in [2.24, 2.45) is 7.05 Å². The quantitative estimate of drug-likeness (QED) is 0.776. The van der Waals surface area contributed by atoms with Crippen molar-refractivity contribution in [3.8, 4) is 0 Å². The summed E-state index contributed by atoms with van der Waals surface area (Å²) in [6.07, 6.45) is 0.